The van der Waals surface area contributed by atoms with Crippen molar-refractivity contribution in [3.63, 3.8) is 0 Å². The Morgan fingerprint density at radius 3 is 2.42 bits per heavy atom. The van der Waals surface area contributed by atoms with Crippen LogP contribution in [-0.2, 0) is 11.2 Å². The van der Waals surface area contributed by atoms with E-state index in [1.165, 1.54) is 4.88 Å². The summed E-state index contributed by atoms with van der Waals surface area (Å²) < 4.78 is 0. The van der Waals surface area contributed by atoms with Gasteiger partial charge in [-0.05, 0) is 46.1 Å². The van der Waals surface area contributed by atoms with Crippen LogP contribution in [0.3, 0.4) is 0 Å². The van der Waals surface area contributed by atoms with Gasteiger partial charge >= 0.3 is 0 Å². The first kappa shape index (κ1) is 16.2. The van der Waals surface area contributed by atoms with Crippen molar-refractivity contribution in [3.8, 4) is 0 Å². The normalized spacial score (nSPS) is 14.3. The van der Waals surface area contributed by atoms with Crippen LogP contribution in [0.2, 0.25) is 0 Å². The lowest BCUT2D eigenvalue weighted by molar-refractivity contribution is -0.144. The number of carbonyl (C=O) groups is 1. The highest BCUT2D eigenvalue weighted by atomic mass is 32.1. The van der Waals surface area contributed by atoms with E-state index in [1.54, 1.807) is 11.3 Å². The summed E-state index contributed by atoms with van der Waals surface area (Å²) in [4.78, 5) is 15.8. The molecule has 1 amide bonds. The Bertz CT molecular complexity index is 418. The summed E-state index contributed by atoms with van der Waals surface area (Å²) in [6.07, 6.45) is 0.890. The number of carbonyl (C=O) groups excluding carboxylic acids is 1. The molecule has 0 radical (unpaired) electrons. The SMILES string of the molecule is CC(Cc1cccs1)N(C)C(=O)C(C)(C)C(C)(C)N. The zero-order valence-corrected chi connectivity index (χ0v) is 13.7. The van der Waals surface area contributed by atoms with Gasteiger partial charge in [-0.1, -0.05) is 6.07 Å². The third-order valence-corrected chi connectivity index (χ3v) is 5.10. The molecule has 1 aromatic rings. The molecule has 4 heteroatoms. The first-order valence-corrected chi connectivity index (χ1v) is 7.54. The van der Waals surface area contributed by atoms with Crippen LogP contribution in [0.15, 0.2) is 17.5 Å². The summed E-state index contributed by atoms with van der Waals surface area (Å²) in [5.41, 5.74) is 5.02. The summed E-state index contributed by atoms with van der Waals surface area (Å²) >= 11 is 1.73. The number of hydrogen-bond acceptors (Lipinski definition) is 3. The largest absolute Gasteiger partial charge is 0.342 e. The molecule has 0 spiro atoms. The summed E-state index contributed by atoms with van der Waals surface area (Å²) in [6, 6.07) is 4.33. The van der Waals surface area contributed by atoms with Crippen LogP contribution < -0.4 is 5.73 Å². The van der Waals surface area contributed by atoms with E-state index in [9.17, 15) is 4.79 Å². The fourth-order valence-electron chi connectivity index (χ4n) is 1.77. The molecule has 0 fully saturated rings. The second-order valence-corrected chi connectivity index (χ2v) is 7.43. The number of likely N-dealkylation sites (N-methyl/N-ethyl adjacent to an activating group) is 1. The lowest BCUT2D eigenvalue weighted by Gasteiger charge is -2.41. The van der Waals surface area contributed by atoms with Gasteiger partial charge in [-0.25, -0.2) is 0 Å². The van der Waals surface area contributed by atoms with Crippen molar-refractivity contribution in [2.24, 2.45) is 11.1 Å². The zero-order valence-electron chi connectivity index (χ0n) is 12.9. The number of hydrogen-bond donors (Lipinski definition) is 1. The van der Waals surface area contributed by atoms with Gasteiger partial charge in [0.2, 0.25) is 5.91 Å². The quantitative estimate of drug-likeness (QED) is 0.902. The van der Waals surface area contributed by atoms with Gasteiger partial charge < -0.3 is 10.6 Å². The third-order valence-electron chi connectivity index (χ3n) is 4.20. The molecule has 1 unspecified atom stereocenters. The van der Waals surface area contributed by atoms with E-state index < -0.39 is 11.0 Å². The second kappa shape index (κ2) is 5.63. The van der Waals surface area contributed by atoms with E-state index >= 15 is 0 Å². The Morgan fingerprint density at radius 2 is 2.00 bits per heavy atom. The third kappa shape index (κ3) is 3.57. The second-order valence-electron chi connectivity index (χ2n) is 6.40. The molecule has 0 bridgehead atoms. The van der Waals surface area contributed by atoms with Gasteiger partial charge in [0.25, 0.3) is 0 Å². The van der Waals surface area contributed by atoms with Crippen molar-refractivity contribution in [2.45, 2.75) is 52.6 Å². The number of rotatable bonds is 5. The lowest BCUT2D eigenvalue weighted by atomic mass is 9.74. The Balaban J connectivity index is 2.77. The van der Waals surface area contributed by atoms with Crippen LogP contribution in [0.25, 0.3) is 0 Å². The van der Waals surface area contributed by atoms with Gasteiger partial charge in [-0.15, -0.1) is 11.3 Å². The topological polar surface area (TPSA) is 46.3 Å². The van der Waals surface area contributed by atoms with Crippen molar-refractivity contribution >= 4 is 17.2 Å². The minimum Gasteiger partial charge on any atom is -0.342 e. The number of amides is 1. The molecular weight excluding hydrogens is 256 g/mol. The summed E-state index contributed by atoms with van der Waals surface area (Å²) in [5, 5.41) is 2.07. The molecule has 3 nitrogen and oxygen atoms in total. The van der Waals surface area contributed by atoms with Crippen LogP contribution in [0.4, 0.5) is 0 Å². The fourth-order valence-corrected chi connectivity index (χ4v) is 2.60. The number of nitrogens with zero attached hydrogens (tertiary/aromatic N) is 1. The molecule has 0 saturated carbocycles. The summed E-state index contributed by atoms with van der Waals surface area (Å²) in [5.74, 6) is 0.101. The van der Waals surface area contributed by atoms with Gasteiger partial charge in [0, 0.05) is 29.9 Å². The maximum atomic E-state index is 12.6. The molecule has 0 aliphatic carbocycles. The Hall–Kier alpha value is -0.870. The van der Waals surface area contributed by atoms with Crippen LogP contribution in [0.5, 0.6) is 0 Å². The summed E-state index contributed by atoms with van der Waals surface area (Å²) in [6.45, 7) is 9.73. The first-order valence-electron chi connectivity index (χ1n) is 6.66. The van der Waals surface area contributed by atoms with Crippen LogP contribution >= 0.6 is 11.3 Å². The van der Waals surface area contributed by atoms with E-state index in [4.69, 9.17) is 5.73 Å². The first-order chi connectivity index (χ1) is 8.57. The van der Waals surface area contributed by atoms with Crippen molar-refractivity contribution in [2.75, 3.05) is 7.05 Å². The molecular formula is C15H26N2OS. The van der Waals surface area contributed by atoms with Crippen LogP contribution in [-0.4, -0.2) is 29.4 Å². The lowest BCUT2D eigenvalue weighted by Crippen LogP contribution is -2.57. The van der Waals surface area contributed by atoms with Crippen molar-refractivity contribution in [3.05, 3.63) is 22.4 Å². The molecule has 0 aliphatic heterocycles. The van der Waals surface area contributed by atoms with Gasteiger partial charge in [-0.2, -0.15) is 0 Å². The molecule has 0 aliphatic rings. The molecule has 1 heterocycles. The summed E-state index contributed by atoms with van der Waals surface area (Å²) in [7, 11) is 1.87. The minimum absolute atomic E-state index is 0.101. The predicted octanol–water partition coefficient (Wildman–Crippen LogP) is 2.90. The van der Waals surface area contributed by atoms with Crippen LogP contribution in [0, 0.1) is 5.41 Å². The van der Waals surface area contributed by atoms with Crippen molar-refractivity contribution < 1.29 is 4.79 Å². The molecule has 1 atom stereocenters. The highest BCUT2D eigenvalue weighted by Gasteiger charge is 2.42. The predicted molar refractivity (Wildman–Crippen MR) is 82.3 cm³/mol. The molecule has 1 aromatic heterocycles. The van der Waals surface area contributed by atoms with E-state index in [0.717, 1.165) is 6.42 Å². The highest BCUT2D eigenvalue weighted by Crippen LogP contribution is 2.31. The zero-order chi connectivity index (χ0) is 14.8. The molecule has 108 valence electrons. The van der Waals surface area contributed by atoms with Crippen LogP contribution in [0.1, 0.15) is 39.5 Å². The van der Waals surface area contributed by atoms with Gasteiger partial charge in [0.05, 0.1) is 5.41 Å². The molecule has 0 aromatic carbocycles. The van der Waals surface area contributed by atoms with Gasteiger partial charge in [-0.3, -0.25) is 4.79 Å². The minimum atomic E-state index is -0.578. The molecule has 1 rings (SSSR count). The van der Waals surface area contributed by atoms with E-state index in [0.29, 0.717) is 0 Å². The molecule has 19 heavy (non-hydrogen) atoms. The van der Waals surface area contributed by atoms with E-state index in [-0.39, 0.29) is 11.9 Å². The molecule has 0 saturated heterocycles. The monoisotopic (exact) mass is 282 g/mol. The molecule has 2 N–H and O–H groups in total. The Labute approximate surface area is 120 Å². The highest BCUT2D eigenvalue weighted by molar-refractivity contribution is 7.09. The average molecular weight is 282 g/mol. The van der Waals surface area contributed by atoms with Gasteiger partial charge in [0.15, 0.2) is 0 Å². The Kier molecular flexibility index (Phi) is 4.80. The van der Waals surface area contributed by atoms with E-state index in [1.807, 2.05) is 45.7 Å². The maximum Gasteiger partial charge on any atom is 0.230 e. The smallest absolute Gasteiger partial charge is 0.230 e. The van der Waals surface area contributed by atoms with Crippen molar-refractivity contribution in [1.82, 2.24) is 4.90 Å². The van der Waals surface area contributed by atoms with Gasteiger partial charge in [0.1, 0.15) is 0 Å². The number of thiophene rings is 1. The number of nitrogens with two attached hydrogens (primary N) is 1. The standard InChI is InChI=1S/C15H26N2OS/c1-11(10-12-8-7-9-19-12)17(6)13(18)14(2,3)15(4,5)16/h7-9,11H,10,16H2,1-6H3. The average Bonchev–Trinajstić information content (AvgIpc) is 2.78. The van der Waals surface area contributed by atoms with E-state index in [2.05, 4.69) is 18.4 Å². The fraction of sp³-hybridized carbons (Fsp3) is 0.667. The Morgan fingerprint density at radius 1 is 1.42 bits per heavy atom. The van der Waals surface area contributed by atoms with Crippen molar-refractivity contribution in [1.29, 1.82) is 0 Å². The maximum absolute atomic E-state index is 12.6.